The number of benzene rings is 1. The van der Waals surface area contributed by atoms with Gasteiger partial charge in [0.2, 0.25) is 0 Å². The van der Waals surface area contributed by atoms with Crippen molar-refractivity contribution >= 4 is 40.7 Å². The Labute approximate surface area is 229 Å². The van der Waals surface area contributed by atoms with E-state index in [9.17, 15) is 4.39 Å². The van der Waals surface area contributed by atoms with Crippen molar-refractivity contribution in [2.24, 2.45) is 9.98 Å². The molecule has 11 heteroatoms. The minimum atomic E-state index is -0.394. The van der Waals surface area contributed by atoms with Gasteiger partial charge in [0.25, 0.3) is 0 Å². The van der Waals surface area contributed by atoms with Crippen LogP contribution in [-0.2, 0) is 0 Å². The lowest BCUT2D eigenvalue weighted by Crippen LogP contribution is -2.25. The number of H-pyrrole nitrogens is 2. The zero-order chi connectivity index (χ0) is 27.5. The third kappa shape index (κ3) is 5.23. The Hall–Kier alpha value is -4.77. The number of rotatable bonds is 9. The van der Waals surface area contributed by atoms with Crippen molar-refractivity contribution in [2.75, 3.05) is 26.2 Å². The number of pyridine rings is 2. The van der Waals surface area contributed by atoms with Gasteiger partial charge in [-0.05, 0) is 75.5 Å². The summed E-state index contributed by atoms with van der Waals surface area (Å²) >= 11 is 0. The number of hydrogen-bond acceptors (Lipinski definition) is 7. The lowest BCUT2D eigenvalue weighted by Gasteiger charge is -2.15. The lowest BCUT2D eigenvalue weighted by molar-refractivity contribution is 0.237. The molecule has 0 aliphatic carbocycles. The van der Waals surface area contributed by atoms with Crippen LogP contribution in [0.2, 0.25) is 0 Å². The maximum Gasteiger partial charge on any atom is 0.161 e. The number of nitrogens with zero attached hydrogens (tertiary/aromatic N) is 7. The Morgan fingerprint density at radius 1 is 1.10 bits per heavy atom. The summed E-state index contributed by atoms with van der Waals surface area (Å²) in [6.07, 6.45) is 7.15. The molecule has 1 fully saturated rings. The first-order chi connectivity index (χ1) is 19.6. The monoisotopic (exact) mass is 537 g/mol. The summed E-state index contributed by atoms with van der Waals surface area (Å²) in [4.78, 5) is 27.5. The first-order valence-electron chi connectivity index (χ1n) is 13.1. The number of aromatic nitrogens is 6. The average molecular weight is 538 g/mol. The Morgan fingerprint density at radius 2 is 1.95 bits per heavy atom. The summed E-state index contributed by atoms with van der Waals surface area (Å²) in [7, 11) is 0. The number of halogens is 1. The summed E-state index contributed by atoms with van der Waals surface area (Å²) in [6.45, 7) is 8.80. The zero-order valence-electron chi connectivity index (χ0n) is 22.1. The third-order valence-electron chi connectivity index (χ3n) is 6.87. The molecule has 0 radical (unpaired) electrons. The van der Waals surface area contributed by atoms with Crippen molar-refractivity contribution in [1.29, 1.82) is 0 Å². The Balaban J connectivity index is 1.33. The second-order valence-electron chi connectivity index (χ2n) is 9.64. The second-order valence-corrected chi connectivity index (χ2v) is 9.64. The minimum Gasteiger partial charge on any atom is -0.492 e. The molecular weight excluding hydrogens is 509 g/mol. The molecule has 1 saturated heterocycles. The molecule has 5 heterocycles. The van der Waals surface area contributed by atoms with Crippen LogP contribution in [0.3, 0.4) is 0 Å². The van der Waals surface area contributed by atoms with Gasteiger partial charge < -0.3 is 9.72 Å². The van der Waals surface area contributed by atoms with E-state index in [-0.39, 0.29) is 0 Å². The van der Waals surface area contributed by atoms with Crippen molar-refractivity contribution < 1.29 is 9.13 Å². The molecule has 40 heavy (non-hydrogen) atoms. The van der Waals surface area contributed by atoms with E-state index in [4.69, 9.17) is 14.7 Å². The number of nitrogens with one attached hydrogen (secondary N) is 2. The van der Waals surface area contributed by atoms with Gasteiger partial charge in [0.05, 0.1) is 22.4 Å². The number of aliphatic imine (C=N–C) groups is 2. The van der Waals surface area contributed by atoms with Crippen LogP contribution in [0.15, 0.2) is 58.8 Å². The van der Waals surface area contributed by atoms with Crippen LogP contribution < -0.4 is 4.74 Å². The topological polar surface area (TPSA) is 120 Å². The van der Waals surface area contributed by atoms with Crippen LogP contribution >= 0.6 is 0 Å². The van der Waals surface area contributed by atoms with Crippen LogP contribution in [-0.4, -0.2) is 74.3 Å². The highest BCUT2D eigenvalue weighted by molar-refractivity contribution is 5.95. The summed E-state index contributed by atoms with van der Waals surface area (Å²) < 4.78 is 20.6. The van der Waals surface area contributed by atoms with Crippen molar-refractivity contribution in [1.82, 2.24) is 35.0 Å². The molecular formula is C29H28FN9O. The van der Waals surface area contributed by atoms with Gasteiger partial charge in [-0.3, -0.25) is 20.0 Å². The standard InChI is InChI=1S/C29H28FN9O/c1-18(16-32-17-31-2)22-5-6-24-27(34-22)28(38-37-24)29-35-23-7-8-33-25(26(23)36-29)19-13-20(30)15-21(14-19)40-12-11-39-9-3-4-10-39/h5-8,13-17H,2-4,9-12H2,1H3,(H,35,36)(H,37,38)/b18-16+,32-17?. The predicted molar refractivity (Wildman–Crippen MR) is 155 cm³/mol. The molecule has 0 atom stereocenters. The first kappa shape index (κ1) is 25.5. The highest BCUT2D eigenvalue weighted by Gasteiger charge is 2.18. The molecule has 5 aromatic rings. The number of hydrogen-bond donors (Lipinski definition) is 2. The quantitative estimate of drug-likeness (QED) is 0.195. The fraction of sp³-hybridized carbons (Fsp3) is 0.241. The van der Waals surface area contributed by atoms with Crippen molar-refractivity contribution in [3.8, 4) is 28.5 Å². The summed E-state index contributed by atoms with van der Waals surface area (Å²) in [6, 6.07) is 10.3. The average Bonchev–Trinajstić information content (AvgIpc) is 3.72. The van der Waals surface area contributed by atoms with Gasteiger partial charge in [-0.1, -0.05) is 0 Å². The van der Waals surface area contributed by atoms with Crippen molar-refractivity contribution in [3.63, 3.8) is 0 Å². The number of ether oxygens (including phenoxy) is 1. The highest BCUT2D eigenvalue weighted by Crippen LogP contribution is 2.32. The van der Waals surface area contributed by atoms with Gasteiger partial charge in [-0.25, -0.2) is 19.4 Å². The number of aromatic amines is 2. The molecule has 0 unspecified atom stereocenters. The normalized spacial score (nSPS) is 14.6. The second kappa shape index (κ2) is 11.1. The van der Waals surface area contributed by atoms with Crippen LogP contribution in [0.4, 0.5) is 4.39 Å². The number of likely N-dealkylation sites (tertiary alicyclic amines) is 1. The molecule has 6 rings (SSSR count). The van der Waals surface area contributed by atoms with E-state index < -0.39 is 5.82 Å². The van der Waals surface area contributed by atoms with E-state index in [0.717, 1.165) is 41.9 Å². The molecule has 0 bridgehead atoms. The Kier molecular flexibility index (Phi) is 7.11. The van der Waals surface area contributed by atoms with Crippen LogP contribution in [0, 0.1) is 5.82 Å². The van der Waals surface area contributed by atoms with E-state index in [1.807, 2.05) is 25.1 Å². The Morgan fingerprint density at radius 3 is 2.80 bits per heavy atom. The number of allylic oxidation sites excluding steroid dienone is 1. The van der Waals surface area contributed by atoms with Crippen molar-refractivity contribution in [2.45, 2.75) is 19.8 Å². The van der Waals surface area contributed by atoms with Gasteiger partial charge >= 0.3 is 0 Å². The summed E-state index contributed by atoms with van der Waals surface area (Å²) in [5, 5.41) is 7.50. The van der Waals surface area contributed by atoms with Crippen LogP contribution in [0.25, 0.3) is 50.4 Å². The molecule has 4 aromatic heterocycles. The largest absolute Gasteiger partial charge is 0.492 e. The van der Waals surface area contributed by atoms with Gasteiger partial charge in [0, 0.05) is 30.6 Å². The number of fused-ring (bicyclic) bond motifs is 2. The Bertz CT molecular complexity index is 1750. The molecule has 10 nitrogen and oxygen atoms in total. The van der Waals surface area contributed by atoms with E-state index >= 15 is 0 Å². The van der Waals surface area contributed by atoms with E-state index in [0.29, 0.717) is 46.2 Å². The van der Waals surface area contributed by atoms with Gasteiger partial charge in [-0.2, -0.15) is 5.10 Å². The smallest absolute Gasteiger partial charge is 0.161 e. The highest BCUT2D eigenvalue weighted by atomic mass is 19.1. The molecule has 1 aromatic carbocycles. The predicted octanol–water partition coefficient (Wildman–Crippen LogP) is 5.27. The van der Waals surface area contributed by atoms with E-state index in [2.05, 4.69) is 41.8 Å². The molecule has 202 valence electrons. The van der Waals surface area contributed by atoms with Crippen LogP contribution in [0.1, 0.15) is 25.5 Å². The van der Waals surface area contributed by atoms with Gasteiger partial charge in [-0.15, -0.1) is 0 Å². The maximum absolute atomic E-state index is 14.7. The molecule has 0 amide bonds. The lowest BCUT2D eigenvalue weighted by atomic mass is 10.1. The molecule has 0 spiro atoms. The maximum atomic E-state index is 14.7. The van der Waals surface area contributed by atoms with Crippen LogP contribution in [0.5, 0.6) is 5.75 Å². The van der Waals surface area contributed by atoms with E-state index in [1.165, 1.54) is 31.3 Å². The van der Waals surface area contributed by atoms with Gasteiger partial charge in [0.1, 0.15) is 35.5 Å². The fourth-order valence-electron chi connectivity index (χ4n) is 4.88. The summed E-state index contributed by atoms with van der Waals surface area (Å²) in [5.41, 5.74) is 6.06. The third-order valence-corrected chi connectivity index (χ3v) is 6.87. The van der Waals surface area contributed by atoms with Gasteiger partial charge in [0.15, 0.2) is 11.5 Å². The first-order valence-corrected chi connectivity index (χ1v) is 13.1. The molecule has 2 N–H and O–H groups in total. The minimum absolute atomic E-state index is 0.394. The molecule has 1 aliphatic rings. The van der Waals surface area contributed by atoms with Crippen molar-refractivity contribution in [3.05, 3.63) is 60.3 Å². The van der Waals surface area contributed by atoms with E-state index in [1.54, 1.807) is 18.5 Å². The summed E-state index contributed by atoms with van der Waals surface area (Å²) in [5.74, 6) is 0.597. The fourth-order valence-corrected chi connectivity index (χ4v) is 4.88. The SMILES string of the molecule is C=NC=N/C=C(\C)c1ccc2[nH]nc(-c3nc4c(-c5cc(F)cc(OCCN6CCCC6)c5)nccc4[nH]3)c2n1. The zero-order valence-corrected chi connectivity index (χ0v) is 22.1. The molecule has 0 saturated carbocycles. The number of imidazole rings is 1. The molecule has 1 aliphatic heterocycles.